The van der Waals surface area contributed by atoms with E-state index in [0.717, 1.165) is 0 Å². The Labute approximate surface area is 77.4 Å². The fraction of sp³-hybridized carbons (Fsp3) is 0.667. The lowest BCUT2D eigenvalue weighted by atomic mass is 10.1. The molecule has 0 fully saturated rings. The van der Waals surface area contributed by atoms with E-state index in [1.807, 2.05) is 13.8 Å². The zero-order valence-corrected chi connectivity index (χ0v) is 8.77. The predicted molar refractivity (Wildman–Crippen MR) is 57.3 cm³/mol. The monoisotopic (exact) mass is 166 g/mol. The highest BCUT2D eigenvalue weighted by atomic mass is 14.0. The van der Waals surface area contributed by atoms with E-state index in [1.54, 1.807) is 5.57 Å². The van der Waals surface area contributed by atoms with Gasteiger partial charge in [0, 0.05) is 0 Å². The molecule has 0 aromatic rings. The van der Waals surface area contributed by atoms with Crippen LogP contribution in [0.15, 0.2) is 23.8 Å². The number of hydrogen-bond acceptors (Lipinski definition) is 0. The molecule has 0 aromatic carbocycles. The average molecular weight is 166 g/mol. The summed E-state index contributed by atoms with van der Waals surface area (Å²) in [5.41, 5.74) is 1.55. The Morgan fingerprint density at radius 1 is 1.25 bits per heavy atom. The van der Waals surface area contributed by atoms with Crippen molar-refractivity contribution in [2.45, 2.75) is 52.9 Å². The van der Waals surface area contributed by atoms with Crippen molar-refractivity contribution in [1.29, 1.82) is 0 Å². The van der Waals surface area contributed by atoms with E-state index in [2.05, 4.69) is 25.2 Å². The molecular weight excluding hydrogens is 144 g/mol. The largest absolute Gasteiger partial charge is 0.0805 e. The number of rotatable bonds is 4. The fourth-order valence-electron chi connectivity index (χ4n) is 1.27. The van der Waals surface area contributed by atoms with Crippen LogP contribution < -0.4 is 0 Å². The quantitative estimate of drug-likeness (QED) is 0.540. The van der Waals surface area contributed by atoms with Gasteiger partial charge in [-0.3, -0.25) is 0 Å². The predicted octanol–water partition coefficient (Wildman–Crippen LogP) is 4.48. The average Bonchev–Trinajstić information content (AvgIpc) is 2.61. The first-order chi connectivity index (χ1) is 5.93. The third-order valence-electron chi connectivity index (χ3n) is 1.92. The molecule has 0 heterocycles. The van der Waals surface area contributed by atoms with Crippen LogP contribution in [0.3, 0.4) is 0 Å². The van der Waals surface area contributed by atoms with Gasteiger partial charge in [-0.25, -0.2) is 0 Å². The lowest BCUT2D eigenvalue weighted by molar-refractivity contribution is 0.719. The van der Waals surface area contributed by atoms with E-state index in [-0.39, 0.29) is 0 Å². The van der Waals surface area contributed by atoms with E-state index in [1.165, 1.54) is 32.1 Å². The second-order valence-corrected chi connectivity index (χ2v) is 2.87. The Bertz CT molecular complexity index is 140. The molecule has 12 heavy (non-hydrogen) atoms. The van der Waals surface area contributed by atoms with Crippen molar-refractivity contribution < 1.29 is 0 Å². The Morgan fingerprint density at radius 3 is 2.50 bits per heavy atom. The van der Waals surface area contributed by atoms with Gasteiger partial charge in [-0.2, -0.15) is 0 Å². The normalized spacial score (nSPS) is 13.8. The summed E-state index contributed by atoms with van der Waals surface area (Å²) in [4.78, 5) is 0. The van der Waals surface area contributed by atoms with Gasteiger partial charge in [0.2, 0.25) is 0 Å². The summed E-state index contributed by atoms with van der Waals surface area (Å²) in [5.74, 6) is 0. The SMILES string of the molecule is CC.CCCCCC1=CCC=C1. The van der Waals surface area contributed by atoms with Gasteiger partial charge in [-0.15, -0.1) is 0 Å². The highest BCUT2D eigenvalue weighted by Gasteiger charge is 1.95. The molecule has 1 rings (SSSR count). The molecule has 0 atom stereocenters. The van der Waals surface area contributed by atoms with Crippen LogP contribution in [-0.4, -0.2) is 0 Å². The standard InChI is InChI=1S/C10H16.C2H6/c1-2-3-4-7-10-8-5-6-9-10;1-2/h5,8-9H,2-4,6-7H2,1H3;1-2H3. The highest BCUT2D eigenvalue weighted by Crippen LogP contribution is 2.15. The summed E-state index contributed by atoms with van der Waals surface area (Å²) in [6, 6.07) is 0. The first-order valence-corrected chi connectivity index (χ1v) is 5.29. The molecule has 1 aliphatic carbocycles. The Balaban J connectivity index is 0.000000561. The van der Waals surface area contributed by atoms with Crippen LogP contribution >= 0.6 is 0 Å². The van der Waals surface area contributed by atoms with Gasteiger partial charge in [0.15, 0.2) is 0 Å². The molecule has 70 valence electrons. The van der Waals surface area contributed by atoms with Gasteiger partial charge in [0.1, 0.15) is 0 Å². The summed E-state index contributed by atoms with van der Waals surface area (Å²) < 4.78 is 0. The van der Waals surface area contributed by atoms with Crippen molar-refractivity contribution in [3.63, 3.8) is 0 Å². The summed E-state index contributed by atoms with van der Waals surface area (Å²) in [7, 11) is 0. The van der Waals surface area contributed by atoms with Gasteiger partial charge in [0.05, 0.1) is 0 Å². The third kappa shape index (κ3) is 5.17. The van der Waals surface area contributed by atoms with Crippen molar-refractivity contribution in [3.05, 3.63) is 23.8 Å². The van der Waals surface area contributed by atoms with E-state index in [0.29, 0.717) is 0 Å². The van der Waals surface area contributed by atoms with Crippen LogP contribution in [0.4, 0.5) is 0 Å². The molecule has 0 radical (unpaired) electrons. The fourth-order valence-corrected chi connectivity index (χ4v) is 1.27. The molecule has 1 aliphatic rings. The molecular formula is C12H22. The maximum atomic E-state index is 2.33. The Hall–Kier alpha value is -0.520. The zero-order chi connectivity index (χ0) is 9.23. The molecule has 0 spiro atoms. The lowest BCUT2D eigenvalue weighted by Crippen LogP contribution is -1.76. The molecule has 0 bridgehead atoms. The zero-order valence-electron chi connectivity index (χ0n) is 8.77. The topological polar surface area (TPSA) is 0 Å². The summed E-state index contributed by atoms with van der Waals surface area (Å²) in [6.45, 7) is 6.25. The number of hydrogen-bond donors (Lipinski definition) is 0. The van der Waals surface area contributed by atoms with Crippen molar-refractivity contribution >= 4 is 0 Å². The van der Waals surface area contributed by atoms with Crippen molar-refractivity contribution in [1.82, 2.24) is 0 Å². The van der Waals surface area contributed by atoms with Crippen LogP contribution in [0.1, 0.15) is 52.9 Å². The van der Waals surface area contributed by atoms with Gasteiger partial charge < -0.3 is 0 Å². The van der Waals surface area contributed by atoms with Gasteiger partial charge in [0.25, 0.3) is 0 Å². The highest BCUT2D eigenvalue weighted by molar-refractivity contribution is 5.25. The van der Waals surface area contributed by atoms with Crippen molar-refractivity contribution in [3.8, 4) is 0 Å². The van der Waals surface area contributed by atoms with Gasteiger partial charge >= 0.3 is 0 Å². The molecule has 0 saturated heterocycles. The molecule has 0 nitrogen and oxygen atoms in total. The second-order valence-electron chi connectivity index (χ2n) is 2.87. The molecule has 0 saturated carbocycles. The summed E-state index contributed by atoms with van der Waals surface area (Å²) in [5, 5.41) is 0. The van der Waals surface area contributed by atoms with Crippen LogP contribution in [0, 0.1) is 0 Å². The lowest BCUT2D eigenvalue weighted by Gasteiger charge is -1.96. The number of allylic oxidation sites excluding steroid dienone is 4. The Kier molecular flexibility index (Phi) is 8.20. The van der Waals surface area contributed by atoms with E-state index in [4.69, 9.17) is 0 Å². The van der Waals surface area contributed by atoms with Crippen molar-refractivity contribution in [2.24, 2.45) is 0 Å². The van der Waals surface area contributed by atoms with Gasteiger partial charge in [-0.05, 0) is 19.3 Å². The minimum atomic E-state index is 1.17. The molecule has 0 aromatic heterocycles. The van der Waals surface area contributed by atoms with Crippen LogP contribution in [0.2, 0.25) is 0 Å². The van der Waals surface area contributed by atoms with E-state index < -0.39 is 0 Å². The summed E-state index contributed by atoms with van der Waals surface area (Å²) in [6.07, 6.45) is 13.4. The molecule has 0 heteroatoms. The first-order valence-electron chi connectivity index (χ1n) is 5.29. The van der Waals surface area contributed by atoms with E-state index >= 15 is 0 Å². The Morgan fingerprint density at radius 2 is 2.00 bits per heavy atom. The third-order valence-corrected chi connectivity index (χ3v) is 1.92. The molecule has 0 N–H and O–H groups in total. The molecule has 0 aliphatic heterocycles. The number of unbranched alkanes of at least 4 members (excludes halogenated alkanes) is 2. The van der Waals surface area contributed by atoms with Crippen molar-refractivity contribution in [2.75, 3.05) is 0 Å². The second kappa shape index (κ2) is 8.58. The van der Waals surface area contributed by atoms with Crippen LogP contribution in [0.25, 0.3) is 0 Å². The minimum Gasteiger partial charge on any atom is -0.0805 e. The smallest absolute Gasteiger partial charge is 0.0160 e. The van der Waals surface area contributed by atoms with Crippen LogP contribution in [-0.2, 0) is 0 Å². The minimum absolute atomic E-state index is 1.17. The van der Waals surface area contributed by atoms with E-state index in [9.17, 15) is 0 Å². The van der Waals surface area contributed by atoms with Gasteiger partial charge in [-0.1, -0.05) is 57.4 Å². The molecule has 0 amide bonds. The molecule has 0 unspecified atom stereocenters. The maximum Gasteiger partial charge on any atom is -0.0160 e. The first kappa shape index (κ1) is 11.5. The summed E-state index contributed by atoms with van der Waals surface area (Å²) >= 11 is 0. The van der Waals surface area contributed by atoms with Crippen LogP contribution in [0.5, 0.6) is 0 Å². The maximum absolute atomic E-state index is 2.33.